The smallest absolute Gasteiger partial charge is 0.262 e. The zero-order chi connectivity index (χ0) is 30.1. The lowest BCUT2D eigenvalue weighted by molar-refractivity contribution is 0.0795. The highest BCUT2D eigenvalue weighted by Crippen LogP contribution is 2.18. The average Bonchev–Trinajstić information content (AvgIpc) is 2.99. The molecule has 0 aliphatic rings. The highest BCUT2D eigenvalue weighted by Gasteiger charge is 2.14. The number of hydrogen-bond acceptors (Lipinski definition) is 9. The van der Waals surface area contributed by atoms with Gasteiger partial charge in [0.15, 0.2) is 0 Å². The Bertz CT molecular complexity index is 1510. The van der Waals surface area contributed by atoms with Crippen molar-refractivity contribution in [3.05, 3.63) is 120 Å². The second-order valence-corrected chi connectivity index (χ2v) is 12.2. The molecule has 3 N–H and O–H groups in total. The number of rotatable bonds is 10. The number of hydrogen-bond donors (Lipinski definition) is 2. The summed E-state index contributed by atoms with van der Waals surface area (Å²) < 4.78 is 55.2. The maximum absolute atomic E-state index is 11.9. The fourth-order valence-electron chi connectivity index (χ4n) is 2.98. The SMILES string of the molecule is COc1ccc(S(=O)(=O)Cl)cc1.COc1ccc(S(=O)(=O)NOCc2ccccc2)cc1.Cl.NOCc1ccccc1. The summed E-state index contributed by atoms with van der Waals surface area (Å²) in [6, 6.07) is 31.0. The Morgan fingerprint density at radius 1 is 0.643 bits per heavy atom. The van der Waals surface area contributed by atoms with Crippen LogP contribution in [0.4, 0.5) is 0 Å². The minimum atomic E-state index is -3.68. The molecule has 42 heavy (non-hydrogen) atoms. The largest absolute Gasteiger partial charge is 0.497 e. The van der Waals surface area contributed by atoms with Gasteiger partial charge < -0.3 is 9.47 Å². The molecule has 0 amide bonds. The molecule has 0 radical (unpaired) electrons. The lowest BCUT2D eigenvalue weighted by Gasteiger charge is -2.08. The number of halogens is 2. The predicted octanol–water partition coefficient (Wildman–Crippen LogP) is 5.23. The topological polar surface area (TPSA) is 143 Å². The zero-order valence-electron chi connectivity index (χ0n) is 22.8. The Hall–Kier alpha value is -3.20. The minimum Gasteiger partial charge on any atom is -0.497 e. The van der Waals surface area contributed by atoms with E-state index in [2.05, 4.69) is 9.72 Å². The second kappa shape index (κ2) is 19.1. The average molecular weight is 660 g/mol. The van der Waals surface area contributed by atoms with Gasteiger partial charge in [-0.1, -0.05) is 65.5 Å². The van der Waals surface area contributed by atoms with Crippen LogP contribution in [0.5, 0.6) is 11.5 Å². The molecule has 0 atom stereocenters. The normalized spacial score (nSPS) is 10.6. The molecular weight excluding hydrogens is 627 g/mol. The molecule has 0 saturated heterocycles. The number of nitrogens with one attached hydrogen (secondary N) is 1. The third-order valence-corrected chi connectivity index (χ3v) is 7.65. The predicted molar refractivity (Wildman–Crippen MR) is 163 cm³/mol. The van der Waals surface area contributed by atoms with Gasteiger partial charge in [0.2, 0.25) is 0 Å². The van der Waals surface area contributed by atoms with Gasteiger partial charge in [0.25, 0.3) is 19.1 Å². The van der Waals surface area contributed by atoms with Crippen molar-refractivity contribution < 1.29 is 36.0 Å². The molecule has 0 bridgehead atoms. The van der Waals surface area contributed by atoms with Crippen LogP contribution in [0.1, 0.15) is 11.1 Å². The summed E-state index contributed by atoms with van der Waals surface area (Å²) in [6.45, 7) is 0.650. The minimum absolute atomic E-state index is 0. The van der Waals surface area contributed by atoms with Crippen LogP contribution in [0.15, 0.2) is 119 Å². The van der Waals surface area contributed by atoms with E-state index in [1.807, 2.05) is 60.7 Å². The molecule has 0 fully saturated rings. The van der Waals surface area contributed by atoms with Crippen molar-refractivity contribution in [3.8, 4) is 11.5 Å². The zero-order valence-corrected chi connectivity index (χ0v) is 26.0. The molecule has 0 aromatic heterocycles. The first-order valence-corrected chi connectivity index (χ1v) is 15.6. The molecule has 0 spiro atoms. The number of methoxy groups -OCH3 is 2. The quantitative estimate of drug-likeness (QED) is 0.173. The van der Waals surface area contributed by atoms with E-state index in [4.69, 9.17) is 30.9 Å². The van der Waals surface area contributed by atoms with E-state index in [-0.39, 0.29) is 28.8 Å². The van der Waals surface area contributed by atoms with Crippen molar-refractivity contribution >= 4 is 42.2 Å². The van der Waals surface area contributed by atoms with Crippen LogP contribution in [-0.2, 0) is 42.0 Å². The maximum Gasteiger partial charge on any atom is 0.262 e. The van der Waals surface area contributed by atoms with Gasteiger partial charge in [0.1, 0.15) is 11.5 Å². The molecule has 0 saturated carbocycles. The number of benzene rings is 4. The summed E-state index contributed by atoms with van der Waals surface area (Å²) >= 11 is 0. The molecule has 0 unspecified atom stereocenters. The second-order valence-electron chi connectivity index (χ2n) is 7.95. The molecule has 14 heteroatoms. The maximum atomic E-state index is 11.9. The Morgan fingerprint density at radius 2 is 1.05 bits per heavy atom. The number of nitrogens with two attached hydrogens (primary N) is 1. The van der Waals surface area contributed by atoms with Crippen molar-refractivity contribution in [1.29, 1.82) is 0 Å². The van der Waals surface area contributed by atoms with Gasteiger partial charge in [-0.25, -0.2) is 22.7 Å². The van der Waals surface area contributed by atoms with Crippen molar-refractivity contribution in [1.82, 2.24) is 4.89 Å². The van der Waals surface area contributed by atoms with Gasteiger partial charge in [-0.05, 0) is 59.7 Å². The van der Waals surface area contributed by atoms with Crippen LogP contribution in [0.3, 0.4) is 0 Å². The standard InChI is InChI=1S/C14H15NO4S.C7H7ClO3S.C7H9NO.ClH/c1-18-13-7-9-14(10-8-13)20(16,17)15-19-11-12-5-3-2-4-6-12;1-11-6-2-4-7(5-3-6)12(8,9)10;8-9-6-7-4-2-1-3-5-7;/h2-10,15H,11H2,1H3;2-5H,1H3;1-5H,6,8H2;1H. The fraction of sp³-hybridized carbons (Fsp3) is 0.143. The third-order valence-electron chi connectivity index (χ3n) is 5.05. The van der Waals surface area contributed by atoms with Gasteiger partial charge in [0, 0.05) is 10.7 Å². The Kier molecular flexibility index (Phi) is 16.7. The Balaban J connectivity index is 0.000000342. The highest BCUT2D eigenvalue weighted by molar-refractivity contribution is 8.13. The van der Waals surface area contributed by atoms with Crippen LogP contribution < -0.4 is 20.3 Å². The molecule has 10 nitrogen and oxygen atoms in total. The van der Waals surface area contributed by atoms with Crippen molar-refractivity contribution in [2.24, 2.45) is 5.90 Å². The highest BCUT2D eigenvalue weighted by atomic mass is 35.7. The lowest BCUT2D eigenvalue weighted by atomic mass is 10.2. The first kappa shape index (κ1) is 36.8. The van der Waals surface area contributed by atoms with Gasteiger partial charge in [-0.2, -0.15) is 0 Å². The molecular formula is C28H32Cl2N2O8S2. The van der Waals surface area contributed by atoms with Crippen LogP contribution in [0.2, 0.25) is 0 Å². The first-order chi connectivity index (χ1) is 19.6. The lowest BCUT2D eigenvalue weighted by Crippen LogP contribution is -2.23. The molecule has 4 aromatic rings. The van der Waals surface area contributed by atoms with Gasteiger partial charge >= 0.3 is 0 Å². The van der Waals surface area contributed by atoms with Gasteiger partial charge in [0.05, 0.1) is 37.2 Å². The third kappa shape index (κ3) is 13.6. The molecule has 0 heterocycles. The Labute approximate surface area is 257 Å². The van der Waals surface area contributed by atoms with Crippen LogP contribution >= 0.6 is 23.1 Å². The first-order valence-electron chi connectivity index (χ1n) is 11.8. The van der Waals surface area contributed by atoms with Crippen molar-refractivity contribution in [2.75, 3.05) is 14.2 Å². The van der Waals surface area contributed by atoms with E-state index in [0.717, 1.165) is 11.1 Å². The molecule has 0 aliphatic heterocycles. The number of ether oxygens (including phenoxy) is 2. The summed E-state index contributed by atoms with van der Waals surface area (Å²) in [6.07, 6.45) is 0. The summed E-state index contributed by atoms with van der Waals surface area (Å²) in [5.41, 5.74) is 1.98. The summed E-state index contributed by atoms with van der Waals surface area (Å²) in [7, 11) is 0.814. The van der Waals surface area contributed by atoms with E-state index < -0.39 is 19.1 Å². The van der Waals surface area contributed by atoms with Crippen molar-refractivity contribution in [2.45, 2.75) is 23.0 Å². The number of sulfonamides is 1. The van der Waals surface area contributed by atoms with E-state index in [9.17, 15) is 16.8 Å². The summed E-state index contributed by atoms with van der Waals surface area (Å²) in [5.74, 6) is 6.05. The van der Waals surface area contributed by atoms with E-state index in [1.54, 1.807) is 12.1 Å². The van der Waals surface area contributed by atoms with Gasteiger partial charge in [-0.3, -0.25) is 9.68 Å². The molecule has 0 aliphatic carbocycles. The summed E-state index contributed by atoms with van der Waals surface area (Å²) in [4.78, 5) is 11.7. The molecule has 4 rings (SSSR count). The molecule has 228 valence electrons. The van der Waals surface area contributed by atoms with Crippen molar-refractivity contribution in [3.63, 3.8) is 0 Å². The van der Waals surface area contributed by atoms with E-state index >= 15 is 0 Å². The van der Waals surface area contributed by atoms with Crippen LogP contribution in [-0.4, -0.2) is 31.1 Å². The fourth-order valence-corrected chi connectivity index (χ4v) is 4.55. The van der Waals surface area contributed by atoms with Crippen LogP contribution in [0, 0.1) is 0 Å². The van der Waals surface area contributed by atoms with Gasteiger partial charge in [-0.15, -0.1) is 12.4 Å². The van der Waals surface area contributed by atoms with Crippen LogP contribution in [0.25, 0.3) is 0 Å². The summed E-state index contributed by atoms with van der Waals surface area (Å²) in [5, 5.41) is 0. The Morgan fingerprint density at radius 3 is 1.43 bits per heavy atom. The van der Waals surface area contributed by atoms with E-state index in [0.29, 0.717) is 18.1 Å². The molecule has 4 aromatic carbocycles. The monoisotopic (exact) mass is 658 g/mol. The van der Waals surface area contributed by atoms with E-state index in [1.165, 1.54) is 50.6 Å².